The number of ether oxygens (including phenoxy) is 3. The van der Waals surface area contributed by atoms with Gasteiger partial charge in [-0.2, -0.15) is 0 Å². The molecule has 1 atom stereocenters. The maximum atomic E-state index is 14.2. The van der Waals surface area contributed by atoms with E-state index in [9.17, 15) is 18.0 Å². The lowest BCUT2D eigenvalue weighted by molar-refractivity contribution is -0.138. The Morgan fingerprint density at radius 2 is 1.55 bits per heavy atom. The van der Waals surface area contributed by atoms with Crippen molar-refractivity contribution in [3.05, 3.63) is 78.4 Å². The van der Waals surface area contributed by atoms with Crippen LogP contribution in [0.1, 0.15) is 33.3 Å². The van der Waals surface area contributed by atoms with E-state index in [1.807, 2.05) is 51.1 Å². The van der Waals surface area contributed by atoms with Crippen molar-refractivity contribution >= 4 is 27.5 Å². The summed E-state index contributed by atoms with van der Waals surface area (Å²) in [6.07, 6.45) is 0.486. The molecular formula is C33H43N3O7S. The van der Waals surface area contributed by atoms with Gasteiger partial charge in [0.25, 0.3) is 10.0 Å². The predicted molar refractivity (Wildman–Crippen MR) is 171 cm³/mol. The van der Waals surface area contributed by atoms with Crippen LogP contribution in [0, 0.1) is 5.92 Å². The molecule has 0 aliphatic heterocycles. The van der Waals surface area contributed by atoms with Gasteiger partial charge in [0.2, 0.25) is 11.8 Å². The molecule has 0 fully saturated rings. The first kappa shape index (κ1) is 34.2. The number of carbonyl (C=O) groups excluding carboxylic acids is 2. The van der Waals surface area contributed by atoms with Crippen LogP contribution in [-0.2, 0) is 26.0 Å². The van der Waals surface area contributed by atoms with E-state index >= 15 is 0 Å². The molecule has 1 N–H and O–H groups in total. The second-order valence-electron chi connectivity index (χ2n) is 10.6. The third-order valence-corrected chi connectivity index (χ3v) is 8.76. The van der Waals surface area contributed by atoms with Gasteiger partial charge in [-0.1, -0.05) is 44.2 Å². The van der Waals surface area contributed by atoms with Crippen molar-refractivity contribution in [3.8, 4) is 17.2 Å². The smallest absolute Gasteiger partial charge is 0.264 e. The van der Waals surface area contributed by atoms with Crippen molar-refractivity contribution in [2.24, 2.45) is 5.92 Å². The number of benzene rings is 3. The minimum atomic E-state index is -4.29. The number of carbonyl (C=O) groups is 2. The standard InChI is InChI=1S/C33H43N3O7S/c1-7-43-28-15-13-27(14-16-28)36(44(39,40)29-17-18-30(41-5)31(21-29)42-6)23-32(37)35(20-19-26-11-9-8-10-12-26)25(4)33(38)34-22-24(2)3/h8-18,21,24-25H,7,19-20,22-23H2,1-6H3,(H,34,38). The Hall–Kier alpha value is -4.25. The van der Waals surface area contributed by atoms with Gasteiger partial charge >= 0.3 is 0 Å². The first-order valence-electron chi connectivity index (χ1n) is 14.6. The number of sulfonamides is 1. The molecule has 0 radical (unpaired) electrons. The molecule has 0 saturated carbocycles. The molecule has 3 aromatic rings. The van der Waals surface area contributed by atoms with Gasteiger partial charge in [0.05, 0.1) is 31.4 Å². The molecule has 11 heteroatoms. The molecular weight excluding hydrogens is 582 g/mol. The fourth-order valence-corrected chi connectivity index (χ4v) is 5.96. The van der Waals surface area contributed by atoms with Gasteiger partial charge in [-0.15, -0.1) is 0 Å². The van der Waals surface area contributed by atoms with Crippen molar-refractivity contribution in [1.82, 2.24) is 10.2 Å². The van der Waals surface area contributed by atoms with E-state index in [0.29, 0.717) is 31.1 Å². The lowest BCUT2D eigenvalue weighted by Gasteiger charge is -2.32. The fraction of sp³-hybridized carbons (Fsp3) is 0.394. The number of nitrogens with one attached hydrogen (secondary N) is 1. The summed E-state index contributed by atoms with van der Waals surface area (Å²) in [5, 5.41) is 2.89. The SMILES string of the molecule is CCOc1ccc(N(CC(=O)N(CCc2ccccc2)C(C)C(=O)NCC(C)C)S(=O)(=O)c2ccc(OC)c(OC)c2)cc1. The number of nitrogens with zero attached hydrogens (tertiary/aromatic N) is 2. The van der Waals surface area contributed by atoms with Crippen molar-refractivity contribution < 1.29 is 32.2 Å². The van der Waals surface area contributed by atoms with E-state index in [2.05, 4.69) is 5.32 Å². The van der Waals surface area contributed by atoms with Gasteiger partial charge in [0.1, 0.15) is 18.3 Å². The summed E-state index contributed by atoms with van der Waals surface area (Å²) in [6, 6.07) is 19.5. The highest BCUT2D eigenvalue weighted by molar-refractivity contribution is 7.92. The van der Waals surface area contributed by atoms with Gasteiger partial charge in [-0.25, -0.2) is 8.42 Å². The van der Waals surface area contributed by atoms with Crippen molar-refractivity contribution in [2.45, 2.75) is 45.1 Å². The number of hydrogen-bond donors (Lipinski definition) is 1. The molecule has 0 aromatic heterocycles. The quantitative estimate of drug-likeness (QED) is 0.249. The highest BCUT2D eigenvalue weighted by Gasteiger charge is 2.33. The Labute approximate surface area is 261 Å². The van der Waals surface area contributed by atoms with E-state index in [1.54, 1.807) is 31.2 Å². The van der Waals surface area contributed by atoms with Crippen LogP contribution >= 0.6 is 0 Å². The highest BCUT2D eigenvalue weighted by atomic mass is 32.2. The molecule has 3 aromatic carbocycles. The molecule has 10 nitrogen and oxygen atoms in total. The molecule has 3 rings (SSSR count). The van der Waals surface area contributed by atoms with Crippen LogP contribution in [0.4, 0.5) is 5.69 Å². The Kier molecular flexibility index (Phi) is 12.5. The molecule has 44 heavy (non-hydrogen) atoms. The predicted octanol–water partition coefficient (Wildman–Crippen LogP) is 4.53. The normalized spacial score (nSPS) is 11.9. The van der Waals surface area contributed by atoms with Crippen LogP contribution in [0.5, 0.6) is 17.2 Å². The van der Waals surface area contributed by atoms with Crippen molar-refractivity contribution in [1.29, 1.82) is 0 Å². The summed E-state index contributed by atoms with van der Waals surface area (Å²) >= 11 is 0. The van der Waals surface area contributed by atoms with Gasteiger partial charge in [-0.3, -0.25) is 13.9 Å². The monoisotopic (exact) mass is 625 g/mol. The van der Waals surface area contributed by atoms with Gasteiger partial charge < -0.3 is 24.4 Å². The number of anilines is 1. The lowest BCUT2D eigenvalue weighted by Crippen LogP contribution is -2.52. The van der Waals surface area contributed by atoms with Gasteiger partial charge in [0.15, 0.2) is 11.5 Å². The van der Waals surface area contributed by atoms with E-state index in [4.69, 9.17) is 14.2 Å². The van der Waals surface area contributed by atoms with Crippen molar-refractivity contribution in [3.63, 3.8) is 0 Å². The summed E-state index contributed by atoms with van der Waals surface area (Å²) < 4.78 is 45.6. The van der Waals surface area contributed by atoms with Crippen LogP contribution in [0.2, 0.25) is 0 Å². The molecule has 0 aliphatic carbocycles. The minimum absolute atomic E-state index is 0.0876. The van der Waals surface area contributed by atoms with Crippen LogP contribution < -0.4 is 23.8 Å². The Balaban J connectivity index is 2.02. The molecule has 1 unspecified atom stereocenters. The molecule has 0 bridgehead atoms. The minimum Gasteiger partial charge on any atom is -0.494 e. The zero-order valence-electron chi connectivity index (χ0n) is 26.3. The van der Waals surface area contributed by atoms with Crippen LogP contribution in [0.3, 0.4) is 0 Å². The van der Waals surface area contributed by atoms with Crippen molar-refractivity contribution in [2.75, 3.05) is 44.8 Å². The average molecular weight is 626 g/mol. The van der Waals surface area contributed by atoms with Gasteiger partial charge in [0, 0.05) is 19.2 Å². The van der Waals surface area contributed by atoms with Crippen LogP contribution in [0.25, 0.3) is 0 Å². The highest BCUT2D eigenvalue weighted by Crippen LogP contribution is 2.33. The van der Waals surface area contributed by atoms with Crippen LogP contribution in [0.15, 0.2) is 77.7 Å². The van der Waals surface area contributed by atoms with E-state index in [1.165, 1.54) is 37.3 Å². The molecule has 238 valence electrons. The lowest BCUT2D eigenvalue weighted by atomic mass is 10.1. The van der Waals surface area contributed by atoms with Gasteiger partial charge in [-0.05, 0) is 68.1 Å². The fourth-order valence-electron chi connectivity index (χ4n) is 4.53. The number of hydrogen-bond acceptors (Lipinski definition) is 7. The third-order valence-electron chi connectivity index (χ3n) is 6.99. The van der Waals surface area contributed by atoms with Crippen LogP contribution in [-0.4, -0.2) is 71.6 Å². The maximum absolute atomic E-state index is 14.2. The third kappa shape index (κ3) is 8.89. The second-order valence-corrected chi connectivity index (χ2v) is 12.5. The second kappa shape index (κ2) is 16.0. The Bertz CT molecular complexity index is 1480. The largest absolute Gasteiger partial charge is 0.494 e. The van der Waals surface area contributed by atoms with E-state index < -0.39 is 28.5 Å². The Morgan fingerprint density at radius 3 is 2.14 bits per heavy atom. The Morgan fingerprint density at radius 1 is 0.886 bits per heavy atom. The molecule has 0 heterocycles. The zero-order valence-corrected chi connectivity index (χ0v) is 27.1. The average Bonchev–Trinajstić information content (AvgIpc) is 3.03. The molecule has 0 saturated heterocycles. The summed E-state index contributed by atoms with van der Waals surface area (Å²) in [5.74, 6) is 0.545. The summed E-state index contributed by atoms with van der Waals surface area (Å²) in [6.45, 7) is 8.04. The maximum Gasteiger partial charge on any atom is 0.264 e. The first-order chi connectivity index (χ1) is 21.0. The summed E-state index contributed by atoms with van der Waals surface area (Å²) in [5.41, 5.74) is 1.25. The number of amides is 2. The summed E-state index contributed by atoms with van der Waals surface area (Å²) in [7, 11) is -1.42. The molecule has 0 aliphatic rings. The number of methoxy groups -OCH3 is 2. The molecule has 2 amide bonds. The molecule has 0 spiro atoms. The van der Waals surface area contributed by atoms with E-state index in [0.717, 1.165) is 9.87 Å². The first-order valence-corrected chi connectivity index (χ1v) is 16.0. The zero-order chi connectivity index (χ0) is 32.3. The summed E-state index contributed by atoms with van der Waals surface area (Å²) in [4.78, 5) is 28.6. The topological polar surface area (TPSA) is 114 Å². The number of rotatable bonds is 16. The van der Waals surface area contributed by atoms with E-state index in [-0.39, 0.29) is 34.7 Å².